The van der Waals surface area contributed by atoms with Gasteiger partial charge in [0.05, 0.1) is 11.4 Å². The van der Waals surface area contributed by atoms with E-state index in [1.807, 2.05) is 6.92 Å². The average Bonchev–Trinajstić information content (AvgIpc) is 2.96. The summed E-state index contributed by atoms with van der Waals surface area (Å²) in [6.45, 7) is 5.20. The third kappa shape index (κ3) is 3.49. The predicted octanol–water partition coefficient (Wildman–Crippen LogP) is 5.35. The Kier molecular flexibility index (Phi) is 5.66. The normalized spacial score (nSPS) is 13.4. The summed E-state index contributed by atoms with van der Waals surface area (Å²) < 4.78 is 16.3. The van der Waals surface area contributed by atoms with Crippen LogP contribution < -0.4 is 0 Å². The highest BCUT2D eigenvalue weighted by Crippen LogP contribution is 2.40. The summed E-state index contributed by atoms with van der Waals surface area (Å²) in [7, 11) is 0. The molecule has 2 atom stereocenters. The number of fused-ring (bicyclic) bond motifs is 1. The molecule has 1 unspecified atom stereocenters. The van der Waals surface area contributed by atoms with Gasteiger partial charge < -0.3 is 10.2 Å². The number of benzene rings is 2. The maximum Gasteiger partial charge on any atom is 0.311 e. The summed E-state index contributed by atoms with van der Waals surface area (Å²) in [4.78, 5) is 25.3. The maximum absolute atomic E-state index is 15.0. The molecular formula is C22H21ClFNO4. The number of carboxylic acids is 1. The lowest BCUT2D eigenvalue weighted by Gasteiger charge is -2.20. The zero-order chi connectivity index (χ0) is 21.5. The fourth-order valence-corrected chi connectivity index (χ4v) is 3.95. The monoisotopic (exact) mass is 417 g/mol. The number of carbonyl (C=O) groups is 2. The molecule has 1 aromatic heterocycles. The summed E-state index contributed by atoms with van der Waals surface area (Å²) in [5.41, 5.74) is 1.01. The molecular weight excluding hydrogens is 397 g/mol. The van der Waals surface area contributed by atoms with Crippen molar-refractivity contribution in [3.05, 3.63) is 64.1 Å². The predicted molar refractivity (Wildman–Crippen MR) is 109 cm³/mol. The molecule has 0 amide bonds. The lowest BCUT2D eigenvalue weighted by molar-refractivity contribution is -0.140. The molecule has 0 spiro atoms. The number of hydrogen-bond acceptors (Lipinski definition) is 3. The van der Waals surface area contributed by atoms with E-state index in [1.165, 1.54) is 16.7 Å². The number of hydrogen-bond donors (Lipinski definition) is 2. The topological polar surface area (TPSA) is 79.5 Å². The van der Waals surface area contributed by atoms with E-state index in [4.69, 9.17) is 11.6 Å². The number of phenols is 1. The Morgan fingerprint density at radius 2 is 1.93 bits per heavy atom. The molecule has 0 aliphatic rings. The second-order valence-corrected chi connectivity index (χ2v) is 7.58. The molecule has 0 fully saturated rings. The molecule has 0 aliphatic carbocycles. The van der Waals surface area contributed by atoms with Gasteiger partial charge in [-0.05, 0) is 48.7 Å². The fraction of sp³-hybridized carbons (Fsp3) is 0.273. The van der Waals surface area contributed by atoms with Gasteiger partial charge in [0.25, 0.3) is 5.91 Å². The fourth-order valence-electron chi connectivity index (χ4n) is 3.76. The first-order valence-corrected chi connectivity index (χ1v) is 9.62. The molecule has 3 aromatic rings. The van der Waals surface area contributed by atoms with Crippen molar-refractivity contribution in [2.24, 2.45) is 5.92 Å². The summed E-state index contributed by atoms with van der Waals surface area (Å²) >= 11 is 6.01. The number of carboxylic acid groups (broad SMARTS) is 1. The van der Waals surface area contributed by atoms with Crippen LogP contribution in [0.15, 0.2) is 36.4 Å². The van der Waals surface area contributed by atoms with Crippen LogP contribution in [-0.4, -0.2) is 26.7 Å². The number of carbonyl (C=O) groups excluding carboxylic acids is 1. The first kappa shape index (κ1) is 20.9. The molecule has 7 heteroatoms. The number of halogens is 2. The minimum Gasteiger partial charge on any atom is -0.505 e. The summed E-state index contributed by atoms with van der Waals surface area (Å²) in [6.07, 6.45) is 0.547. The molecule has 3 rings (SSSR count). The molecule has 2 N–H and O–H groups in total. The summed E-state index contributed by atoms with van der Waals surface area (Å²) in [5.74, 6) is -4.45. The number of rotatable bonds is 5. The van der Waals surface area contributed by atoms with Crippen molar-refractivity contribution in [3.8, 4) is 5.75 Å². The van der Waals surface area contributed by atoms with E-state index in [0.29, 0.717) is 17.1 Å². The van der Waals surface area contributed by atoms with E-state index in [9.17, 15) is 24.2 Å². The molecule has 0 saturated heterocycles. The number of phenolic OH excluding ortho intramolecular Hbond substituents is 1. The van der Waals surface area contributed by atoms with Crippen LogP contribution in [0.3, 0.4) is 0 Å². The molecule has 2 aromatic carbocycles. The van der Waals surface area contributed by atoms with Crippen molar-refractivity contribution in [3.63, 3.8) is 0 Å². The van der Waals surface area contributed by atoms with Gasteiger partial charge in [-0.1, -0.05) is 37.9 Å². The second-order valence-electron chi connectivity index (χ2n) is 7.14. The molecule has 29 heavy (non-hydrogen) atoms. The molecule has 0 aliphatic heterocycles. The van der Waals surface area contributed by atoms with E-state index in [1.54, 1.807) is 32.0 Å². The number of aliphatic carboxylic acids is 1. The van der Waals surface area contributed by atoms with Gasteiger partial charge in [-0.25, -0.2) is 4.39 Å². The Labute approximate surface area is 172 Å². The van der Waals surface area contributed by atoms with Crippen molar-refractivity contribution >= 4 is 34.4 Å². The van der Waals surface area contributed by atoms with Gasteiger partial charge in [-0.2, -0.15) is 0 Å². The van der Waals surface area contributed by atoms with Gasteiger partial charge in [-0.3, -0.25) is 14.2 Å². The highest BCUT2D eigenvalue weighted by molar-refractivity contribution is 6.31. The zero-order valence-electron chi connectivity index (χ0n) is 16.2. The van der Waals surface area contributed by atoms with Crippen LogP contribution in [-0.2, 0) is 4.79 Å². The van der Waals surface area contributed by atoms with E-state index in [2.05, 4.69) is 0 Å². The number of aromatic nitrogens is 1. The summed E-state index contributed by atoms with van der Waals surface area (Å²) in [5, 5.41) is 20.1. The van der Waals surface area contributed by atoms with E-state index in [-0.39, 0.29) is 27.9 Å². The van der Waals surface area contributed by atoms with E-state index in [0.717, 1.165) is 6.07 Å². The standard InChI is InChI=1S/C22H21ClFNO4/c1-4-11(2)17(22(28)29)18-12(3)25(15-8-9-16(26)20(24)19(15)18)21(27)13-6-5-7-14(23)10-13/h5-11,17,26H,4H2,1-3H3,(H,28,29)/t11?,17-/m1/s1. The Hall–Kier alpha value is -2.86. The third-order valence-electron chi connectivity index (χ3n) is 5.40. The van der Waals surface area contributed by atoms with Crippen LogP contribution in [0.2, 0.25) is 5.02 Å². The van der Waals surface area contributed by atoms with Gasteiger partial charge in [0.1, 0.15) is 0 Å². The second kappa shape index (κ2) is 7.87. The van der Waals surface area contributed by atoms with Crippen molar-refractivity contribution in [2.75, 3.05) is 0 Å². The van der Waals surface area contributed by atoms with E-state index < -0.39 is 29.4 Å². The largest absolute Gasteiger partial charge is 0.505 e. The van der Waals surface area contributed by atoms with Gasteiger partial charge in [0.15, 0.2) is 11.6 Å². The smallest absolute Gasteiger partial charge is 0.311 e. The maximum atomic E-state index is 15.0. The van der Waals surface area contributed by atoms with Crippen molar-refractivity contribution in [1.29, 1.82) is 0 Å². The lowest BCUT2D eigenvalue weighted by Crippen LogP contribution is -2.21. The van der Waals surface area contributed by atoms with Crippen molar-refractivity contribution < 1.29 is 24.2 Å². The molecule has 0 bridgehead atoms. The zero-order valence-corrected chi connectivity index (χ0v) is 17.0. The Morgan fingerprint density at radius 1 is 1.24 bits per heavy atom. The highest BCUT2D eigenvalue weighted by Gasteiger charge is 2.34. The average molecular weight is 418 g/mol. The SMILES string of the molecule is CCC(C)[C@@H](C(=O)O)c1c(C)n(C(=O)c2cccc(Cl)c2)c2ccc(O)c(F)c12. The van der Waals surface area contributed by atoms with Gasteiger partial charge in [0.2, 0.25) is 0 Å². The molecule has 152 valence electrons. The molecule has 1 heterocycles. The number of aromatic hydroxyl groups is 1. The summed E-state index contributed by atoms with van der Waals surface area (Å²) in [6, 6.07) is 8.91. The highest BCUT2D eigenvalue weighted by atomic mass is 35.5. The minimum absolute atomic E-state index is 0.0504. The van der Waals surface area contributed by atoms with Gasteiger partial charge >= 0.3 is 5.97 Å². The van der Waals surface area contributed by atoms with Crippen LogP contribution in [0.25, 0.3) is 10.9 Å². The first-order chi connectivity index (χ1) is 13.7. The van der Waals surface area contributed by atoms with Crippen LogP contribution in [0, 0.1) is 18.7 Å². The van der Waals surface area contributed by atoms with Gasteiger partial charge in [0, 0.05) is 21.7 Å². The lowest BCUT2D eigenvalue weighted by atomic mass is 9.84. The Balaban J connectivity index is 2.39. The van der Waals surface area contributed by atoms with Crippen LogP contribution in [0.1, 0.15) is 47.8 Å². The molecule has 0 radical (unpaired) electrons. The van der Waals surface area contributed by atoms with Crippen LogP contribution in [0.4, 0.5) is 4.39 Å². The Morgan fingerprint density at radius 3 is 2.52 bits per heavy atom. The van der Waals surface area contributed by atoms with Crippen molar-refractivity contribution in [1.82, 2.24) is 4.57 Å². The molecule has 0 saturated carbocycles. The Bertz CT molecular complexity index is 1120. The van der Waals surface area contributed by atoms with Crippen LogP contribution >= 0.6 is 11.6 Å². The van der Waals surface area contributed by atoms with E-state index >= 15 is 0 Å². The quantitative estimate of drug-likeness (QED) is 0.586. The third-order valence-corrected chi connectivity index (χ3v) is 5.63. The minimum atomic E-state index is -1.11. The van der Waals surface area contributed by atoms with Crippen molar-refractivity contribution in [2.45, 2.75) is 33.1 Å². The van der Waals surface area contributed by atoms with Gasteiger partial charge in [-0.15, -0.1) is 0 Å². The number of nitrogens with zero attached hydrogens (tertiary/aromatic N) is 1. The van der Waals surface area contributed by atoms with Crippen LogP contribution in [0.5, 0.6) is 5.75 Å². The first-order valence-electron chi connectivity index (χ1n) is 9.24. The molecule has 5 nitrogen and oxygen atoms in total.